The molecule has 1 aliphatic carbocycles. The van der Waals surface area contributed by atoms with Crippen molar-refractivity contribution < 1.29 is 9.53 Å². The molecule has 0 spiro atoms. The Bertz CT molecular complexity index is 213. The van der Waals surface area contributed by atoms with Gasteiger partial charge in [-0.05, 0) is 38.6 Å². The normalized spacial score (nSPS) is 24.6. The van der Waals surface area contributed by atoms with Crippen LogP contribution in [0.25, 0.3) is 0 Å². The van der Waals surface area contributed by atoms with Crippen LogP contribution in [-0.4, -0.2) is 38.3 Å². The summed E-state index contributed by atoms with van der Waals surface area (Å²) in [7, 11) is 1.67. The third-order valence-electron chi connectivity index (χ3n) is 3.35. The number of ether oxygens (including phenoxy) is 1. The smallest absolute Gasteiger partial charge is 0.219 e. The Morgan fingerprint density at radius 2 is 2.00 bits per heavy atom. The van der Waals surface area contributed by atoms with Crippen LogP contribution in [0.4, 0.5) is 0 Å². The molecule has 1 aliphatic rings. The van der Waals surface area contributed by atoms with E-state index in [4.69, 9.17) is 4.74 Å². The maximum absolute atomic E-state index is 11.0. The summed E-state index contributed by atoms with van der Waals surface area (Å²) in [4.78, 5) is 11.0. The fraction of sp³-hybridized carbons (Fsp3) is 0.923. The first kappa shape index (κ1) is 14.5. The van der Waals surface area contributed by atoms with Crippen LogP contribution < -0.4 is 10.6 Å². The minimum Gasteiger partial charge on any atom is -0.378 e. The first-order valence-electron chi connectivity index (χ1n) is 6.81. The molecule has 0 heterocycles. The second-order valence-electron chi connectivity index (χ2n) is 4.68. The van der Waals surface area contributed by atoms with E-state index in [0.717, 1.165) is 25.8 Å². The number of carbonyl (C=O) groups is 1. The molecule has 0 radical (unpaired) electrons. The van der Waals surface area contributed by atoms with Gasteiger partial charge in [0.25, 0.3) is 0 Å². The van der Waals surface area contributed by atoms with E-state index in [2.05, 4.69) is 17.6 Å². The van der Waals surface area contributed by atoms with Crippen LogP contribution >= 0.6 is 0 Å². The number of hydrogen-bond acceptors (Lipinski definition) is 3. The molecule has 2 N–H and O–H groups in total. The first-order valence-corrected chi connectivity index (χ1v) is 6.81. The van der Waals surface area contributed by atoms with Gasteiger partial charge in [0.15, 0.2) is 0 Å². The van der Waals surface area contributed by atoms with Crippen molar-refractivity contribution in [2.45, 2.75) is 57.6 Å². The van der Waals surface area contributed by atoms with Crippen molar-refractivity contribution in [1.82, 2.24) is 10.6 Å². The molecule has 0 aliphatic heterocycles. The van der Waals surface area contributed by atoms with Gasteiger partial charge in [-0.1, -0.05) is 6.92 Å². The van der Waals surface area contributed by atoms with Gasteiger partial charge in [0.1, 0.15) is 0 Å². The summed E-state index contributed by atoms with van der Waals surface area (Å²) in [5, 5.41) is 6.11. The van der Waals surface area contributed by atoms with E-state index in [9.17, 15) is 4.79 Å². The van der Waals surface area contributed by atoms with Gasteiger partial charge < -0.3 is 15.4 Å². The Labute approximate surface area is 104 Å². The lowest BCUT2D eigenvalue weighted by molar-refractivity contribution is -0.121. The number of carbonyl (C=O) groups excluding carboxylic acids is 1. The van der Waals surface area contributed by atoms with Crippen LogP contribution in [-0.2, 0) is 9.53 Å². The predicted octanol–water partition coefficient (Wildman–Crippen LogP) is 1.45. The molecule has 0 aromatic heterocycles. The van der Waals surface area contributed by atoms with Crippen molar-refractivity contribution >= 4 is 5.91 Å². The summed E-state index contributed by atoms with van der Waals surface area (Å²) in [5.41, 5.74) is 0. The lowest BCUT2D eigenvalue weighted by atomic mass is 9.93. The fourth-order valence-corrected chi connectivity index (χ4v) is 2.33. The molecule has 0 saturated heterocycles. The van der Waals surface area contributed by atoms with Crippen LogP contribution in [0, 0.1) is 0 Å². The highest BCUT2D eigenvalue weighted by Crippen LogP contribution is 2.21. The van der Waals surface area contributed by atoms with Gasteiger partial charge >= 0.3 is 0 Å². The van der Waals surface area contributed by atoms with E-state index in [-0.39, 0.29) is 5.91 Å². The van der Waals surface area contributed by atoms with Gasteiger partial charge in [0, 0.05) is 26.1 Å². The quantitative estimate of drug-likeness (QED) is 0.664. The van der Waals surface area contributed by atoms with Gasteiger partial charge in [-0.2, -0.15) is 0 Å². The molecule has 1 fully saturated rings. The molecule has 17 heavy (non-hydrogen) atoms. The first-order chi connectivity index (χ1) is 8.26. The molecular weight excluding hydrogens is 216 g/mol. The fourth-order valence-electron chi connectivity index (χ4n) is 2.33. The van der Waals surface area contributed by atoms with Crippen LogP contribution in [0.1, 0.15) is 45.4 Å². The maximum atomic E-state index is 11.0. The molecule has 1 saturated carbocycles. The summed E-state index contributed by atoms with van der Waals surface area (Å²) in [6, 6.07) is 0.686. The number of rotatable bonds is 7. The Hall–Kier alpha value is -0.610. The molecule has 1 rings (SSSR count). The van der Waals surface area contributed by atoms with Crippen LogP contribution in [0.5, 0.6) is 0 Å². The number of hydrogen-bond donors (Lipinski definition) is 2. The number of amides is 1. The Morgan fingerprint density at radius 3 is 2.59 bits per heavy atom. The number of nitrogens with one attached hydrogen (secondary N) is 2. The van der Waals surface area contributed by atoms with Crippen LogP contribution in [0.3, 0.4) is 0 Å². The van der Waals surface area contributed by atoms with Gasteiger partial charge in [-0.3, -0.25) is 4.79 Å². The average Bonchev–Trinajstić information content (AvgIpc) is 2.36. The molecule has 0 unspecified atom stereocenters. The van der Waals surface area contributed by atoms with Gasteiger partial charge in [0.2, 0.25) is 5.91 Å². The third-order valence-corrected chi connectivity index (χ3v) is 3.35. The van der Waals surface area contributed by atoms with Crippen molar-refractivity contribution in [2.75, 3.05) is 20.2 Å². The summed E-state index contributed by atoms with van der Waals surface area (Å²) >= 11 is 0. The van der Waals surface area contributed by atoms with Crippen molar-refractivity contribution in [3.05, 3.63) is 0 Å². The molecule has 0 atom stereocenters. The highest BCUT2D eigenvalue weighted by molar-refractivity contribution is 5.75. The second kappa shape index (κ2) is 8.48. The highest BCUT2D eigenvalue weighted by Gasteiger charge is 2.20. The molecule has 4 nitrogen and oxygen atoms in total. The van der Waals surface area contributed by atoms with E-state index in [1.54, 1.807) is 7.05 Å². The van der Waals surface area contributed by atoms with Crippen LogP contribution in [0.15, 0.2) is 0 Å². The lowest BCUT2D eigenvalue weighted by Crippen LogP contribution is -2.35. The maximum Gasteiger partial charge on any atom is 0.219 e. The Kier molecular flexibility index (Phi) is 7.21. The summed E-state index contributed by atoms with van der Waals surface area (Å²) in [6.07, 6.45) is 6.54. The minimum absolute atomic E-state index is 0.101. The van der Waals surface area contributed by atoms with E-state index in [1.807, 2.05) is 0 Å². The third kappa shape index (κ3) is 6.03. The van der Waals surface area contributed by atoms with Crippen molar-refractivity contribution in [1.29, 1.82) is 0 Å². The average molecular weight is 242 g/mol. The monoisotopic (exact) mass is 242 g/mol. The second-order valence-corrected chi connectivity index (χ2v) is 4.68. The zero-order chi connectivity index (χ0) is 12.5. The van der Waals surface area contributed by atoms with E-state index >= 15 is 0 Å². The van der Waals surface area contributed by atoms with Crippen LogP contribution in [0.2, 0.25) is 0 Å². The van der Waals surface area contributed by atoms with E-state index < -0.39 is 0 Å². The molecule has 100 valence electrons. The zero-order valence-electron chi connectivity index (χ0n) is 11.1. The van der Waals surface area contributed by atoms with E-state index in [0.29, 0.717) is 25.2 Å². The van der Waals surface area contributed by atoms with Crippen molar-refractivity contribution in [3.8, 4) is 0 Å². The van der Waals surface area contributed by atoms with Crippen molar-refractivity contribution in [3.63, 3.8) is 0 Å². The SMILES string of the molecule is CCNC1CCC(OCCCC(=O)NC)CC1. The summed E-state index contributed by atoms with van der Waals surface area (Å²) < 4.78 is 5.80. The van der Waals surface area contributed by atoms with E-state index in [1.165, 1.54) is 12.8 Å². The Morgan fingerprint density at radius 1 is 1.29 bits per heavy atom. The highest BCUT2D eigenvalue weighted by atomic mass is 16.5. The molecular formula is C13H26N2O2. The molecule has 4 heteroatoms. The standard InChI is InChI=1S/C13H26N2O2/c1-3-15-11-6-8-12(9-7-11)17-10-4-5-13(16)14-2/h11-12,15H,3-10H2,1-2H3,(H,14,16). The summed E-state index contributed by atoms with van der Waals surface area (Å²) in [5.74, 6) is 0.101. The predicted molar refractivity (Wildman–Crippen MR) is 69.0 cm³/mol. The topological polar surface area (TPSA) is 50.4 Å². The molecule has 0 aromatic carbocycles. The minimum atomic E-state index is 0.101. The largest absolute Gasteiger partial charge is 0.378 e. The van der Waals surface area contributed by atoms with Gasteiger partial charge in [-0.25, -0.2) is 0 Å². The summed E-state index contributed by atoms with van der Waals surface area (Å²) in [6.45, 7) is 3.92. The zero-order valence-corrected chi connectivity index (χ0v) is 11.1. The lowest BCUT2D eigenvalue weighted by Gasteiger charge is -2.29. The van der Waals surface area contributed by atoms with Crippen molar-refractivity contribution in [2.24, 2.45) is 0 Å². The molecule has 1 amide bonds. The van der Waals surface area contributed by atoms with Gasteiger partial charge in [-0.15, -0.1) is 0 Å². The van der Waals surface area contributed by atoms with Gasteiger partial charge in [0.05, 0.1) is 6.10 Å². The Balaban J connectivity index is 2.00. The molecule has 0 bridgehead atoms. The molecule has 0 aromatic rings.